The Balaban J connectivity index is 1.78. The number of ether oxygens (including phenoxy) is 1. The third-order valence-electron chi connectivity index (χ3n) is 4.01. The van der Waals surface area contributed by atoms with Crippen LogP contribution in [0.1, 0.15) is 33.6 Å². The molecule has 0 radical (unpaired) electrons. The van der Waals surface area contributed by atoms with E-state index in [0.29, 0.717) is 12.3 Å². The van der Waals surface area contributed by atoms with Gasteiger partial charge in [-0.2, -0.15) is 0 Å². The first-order valence-electron chi connectivity index (χ1n) is 8.96. The molecule has 6 nitrogen and oxygen atoms in total. The first-order chi connectivity index (χ1) is 12.4. The van der Waals surface area contributed by atoms with Crippen LogP contribution in [0.2, 0.25) is 0 Å². The minimum absolute atomic E-state index is 0.00423. The molecule has 1 aromatic heterocycles. The predicted molar refractivity (Wildman–Crippen MR) is 103 cm³/mol. The summed E-state index contributed by atoms with van der Waals surface area (Å²) in [4.78, 5) is 12.2. The van der Waals surface area contributed by atoms with E-state index in [0.717, 1.165) is 36.0 Å². The first kappa shape index (κ1) is 18.9. The van der Waals surface area contributed by atoms with Gasteiger partial charge >= 0.3 is 0 Å². The summed E-state index contributed by atoms with van der Waals surface area (Å²) in [6, 6.07) is 10.0. The van der Waals surface area contributed by atoms with Gasteiger partial charge in [0.1, 0.15) is 0 Å². The van der Waals surface area contributed by atoms with Crippen LogP contribution in [0.5, 0.6) is 0 Å². The van der Waals surface area contributed by atoms with Crippen LogP contribution in [0.15, 0.2) is 35.5 Å². The minimum atomic E-state index is -0.238. The van der Waals surface area contributed by atoms with Crippen LogP contribution in [0.3, 0.4) is 0 Å². The molecule has 0 bridgehead atoms. The maximum atomic E-state index is 12.2. The van der Waals surface area contributed by atoms with Gasteiger partial charge in [-0.05, 0) is 33.6 Å². The molecule has 0 spiro atoms. The summed E-state index contributed by atoms with van der Waals surface area (Å²) in [5.74, 6) is 1.13. The molecule has 1 aromatic carbocycles. The molecular weight excluding hydrogens is 348 g/mol. The second kappa shape index (κ2) is 8.22. The molecule has 1 aliphatic rings. The number of benzene rings is 1. The van der Waals surface area contributed by atoms with Crippen LogP contribution in [0.4, 0.5) is 0 Å². The highest BCUT2D eigenvalue weighted by atomic mass is 32.2. The van der Waals surface area contributed by atoms with Gasteiger partial charge in [0.2, 0.25) is 5.91 Å². The lowest BCUT2D eigenvalue weighted by molar-refractivity contribution is -0.119. The number of amides is 1. The molecule has 26 heavy (non-hydrogen) atoms. The monoisotopic (exact) mass is 374 g/mol. The molecule has 140 valence electrons. The fraction of sp³-hybridized carbons (Fsp3) is 0.526. The van der Waals surface area contributed by atoms with Crippen molar-refractivity contribution in [3.8, 4) is 11.4 Å². The Hall–Kier alpha value is -1.86. The Bertz CT molecular complexity index is 734. The molecule has 0 saturated carbocycles. The average Bonchev–Trinajstić information content (AvgIpc) is 3.23. The second-order valence-corrected chi connectivity index (χ2v) is 8.45. The predicted octanol–water partition coefficient (Wildman–Crippen LogP) is 3.13. The number of carbonyl (C=O) groups excluding carboxylic acids is 1. The van der Waals surface area contributed by atoms with E-state index < -0.39 is 0 Å². The summed E-state index contributed by atoms with van der Waals surface area (Å²) in [6.45, 7) is 7.44. The van der Waals surface area contributed by atoms with Gasteiger partial charge in [0.15, 0.2) is 11.0 Å². The molecule has 1 saturated heterocycles. The summed E-state index contributed by atoms with van der Waals surface area (Å²) >= 11 is 1.42. The highest BCUT2D eigenvalue weighted by molar-refractivity contribution is 7.99. The molecule has 7 heteroatoms. The number of hydrogen-bond acceptors (Lipinski definition) is 5. The Kier molecular flexibility index (Phi) is 5.98. The number of aromatic nitrogens is 3. The highest BCUT2D eigenvalue weighted by Crippen LogP contribution is 2.26. The summed E-state index contributed by atoms with van der Waals surface area (Å²) in [5, 5.41) is 12.5. The minimum Gasteiger partial charge on any atom is -0.376 e. The average molecular weight is 375 g/mol. The summed E-state index contributed by atoms with van der Waals surface area (Å²) in [5.41, 5.74) is 0.780. The molecule has 1 amide bonds. The maximum Gasteiger partial charge on any atom is 0.230 e. The number of carbonyl (C=O) groups is 1. The SMILES string of the molecule is CC(C)(C)NC(=O)CSc1nnc(-c2ccccc2)n1C[C@@H]1CCCO1. The highest BCUT2D eigenvalue weighted by Gasteiger charge is 2.22. The smallest absolute Gasteiger partial charge is 0.230 e. The van der Waals surface area contributed by atoms with Crippen molar-refractivity contribution >= 4 is 17.7 Å². The van der Waals surface area contributed by atoms with Crippen molar-refractivity contribution in [2.24, 2.45) is 0 Å². The molecule has 1 aliphatic heterocycles. The van der Waals surface area contributed by atoms with Crippen molar-refractivity contribution in [2.45, 2.75) is 57.0 Å². The normalized spacial score (nSPS) is 17.4. The van der Waals surface area contributed by atoms with Crippen molar-refractivity contribution in [2.75, 3.05) is 12.4 Å². The van der Waals surface area contributed by atoms with Gasteiger partial charge < -0.3 is 10.1 Å². The zero-order valence-corrected chi connectivity index (χ0v) is 16.4. The van der Waals surface area contributed by atoms with E-state index >= 15 is 0 Å². The van der Waals surface area contributed by atoms with Crippen LogP contribution in [0.25, 0.3) is 11.4 Å². The summed E-state index contributed by atoms with van der Waals surface area (Å²) in [6.07, 6.45) is 2.31. The van der Waals surface area contributed by atoms with Gasteiger partial charge in [0.05, 0.1) is 18.4 Å². The molecule has 2 aromatic rings. The van der Waals surface area contributed by atoms with E-state index in [2.05, 4.69) is 20.1 Å². The van der Waals surface area contributed by atoms with Gasteiger partial charge in [0.25, 0.3) is 0 Å². The molecule has 3 rings (SSSR count). The largest absolute Gasteiger partial charge is 0.376 e. The Labute approximate surface area is 158 Å². The topological polar surface area (TPSA) is 69.0 Å². The van der Waals surface area contributed by atoms with E-state index in [1.165, 1.54) is 11.8 Å². The third kappa shape index (κ3) is 5.08. The van der Waals surface area contributed by atoms with Gasteiger partial charge in [0, 0.05) is 17.7 Å². The lowest BCUT2D eigenvalue weighted by atomic mass is 10.1. The first-order valence-corrected chi connectivity index (χ1v) is 9.95. The molecule has 1 N–H and O–H groups in total. The van der Waals surface area contributed by atoms with Crippen LogP contribution >= 0.6 is 11.8 Å². The molecule has 0 unspecified atom stereocenters. The summed E-state index contributed by atoms with van der Waals surface area (Å²) in [7, 11) is 0. The Morgan fingerprint density at radius 2 is 2.08 bits per heavy atom. The molecule has 1 fully saturated rings. The van der Waals surface area contributed by atoms with E-state index in [-0.39, 0.29) is 17.6 Å². The molecular formula is C19H26N4O2S. The number of hydrogen-bond donors (Lipinski definition) is 1. The van der Waals surface area contributed by atoms with E-state index in [1.807, 2.05) is 51.1 Å². The zero-order chi connectivity index (χ0) is 18.6. The van der Waals surface area contributed by atoms with Crippen LogP contribution < -0.4 is 5.32 Å². The fourth-order valence-corrected chi connectivity index (χ4v) is 3.69. The van der Waals surface area contributed by atoms with Crippen molar-refractivity contribution in [3.05, 3.63) is 30.3 Å². The molecule has 0 aliphatic carbocycles. The van der Waals surface area contributed by atoms with Crippen molar-refractivity contribution in [1.82, 2.24) is 20.1 Å². The maximum absolute atomic E-state index is 12.2. The van der Waals surface area contributed by atoms with Crippen molar-refractivity contribution in [1.29, 1.82) is 0 Å². The van der Waals surface area contributed by atoms with Crippen molar-refractivity contribution in [3.63, 3.8) is 0 Å². The van der Waals surface area contributed by atoms with Gasteiger partial charge in [-0.3, -0.25) is 9.36 Å². The molecule has 2 heterocycles. The number of nitrogens with zero attached hydrogens (tertiary/aromatic N) is 3. The zero-order valence-electron chi connectivity index (χ0n) is 15.6. The van der Waals surface area contributed by atoms with Gasteiger partial charge in [-0.1, -0.05) is 42.1 Å². The van der Waals surface area contributed by atoms with Crippen LogP contribution in [0, 0.1) is 0 Å². The quantitative estimate of drug-likeness (QED) is 0.787. The fourth-order valence-electron chi connectivity index (χ4n) is 2.94. The van der Waals surface area contributed by atoms with E-state index in [4.69, 9.17) is 4.74 Å². The van der Waals surface area contributed by atoms with Crippen LogP contribution in [-0.4, -0.2) is 44.7 Å². The van der Waals surface area contributed by atoms with Gasteiger partial charge in [-0.15, -0.1) is 10.2 Å². The van der Waals surface area contributed by atoms with E-state index in [1.54, 1.807) is 0 Å². The summed E-state index contributed by atoms with van der Waals surface area (Å²) < 4.78 is 7.88. The molecule has 1 atom stereocenters. The van der Waals surface area contributed by atoms with Crippen LogP contribution in [-0.2, 0) is 16.1 Å². The third-order valence-corrected chi connectivity index (χ3v) is 4.97. The Morgan fingerprint density at radius 1 is 1.31 bits per heavy atom. The lowest BCUT2D eigenvalue weighted by Crippen LogP contribution is -2.41. The Morgan fingerprint density at radius 3 is 2.73 bits per heavy atom. The van der Waals surface area contributed by atoms with Gasteiger partial charge in [-0.25, -0.2) is 0 Å². The second-order valence-electron chi connectivity index (χ2n) is 7.50. The lowest BCUT2D eigenvalue weighted by Gasteiger charge is -2.20. The van der Waals surface area contributed by atoms with Crippen molar-refractivity contribution < 1.29 is 9.53 Å². The number of thioether (sulfide) groups is 1. The van der Waals surface area contributed by atoms with E-state index in [9.17, 15) is 4.79 Å². The standard InChI is InChI=1S/C19H26N4O2S/c1-19(2,3)20-16(24)13-26-18-22-21-17(14-8-5-4-6-9-14)23(18)12-15-10-7-11-25-15/h4-6,8-9,15H,7,10-13H2,1-3H3,(H,20,24)/t15-/m0/s1. The number of nitrogens with one attached hydrogen (secondary N) is 1. The number of rotatable bonds is 6.